The number of aromatic hydroxyl groups is 1. The molecule has 0 radical (unpaired) electrons. The van der Waals surface area contributed by atoms with E-state index in [1.807, 2.05) is 51.1 Å². The summed E-state index contributed by atoms with van der Waals surface area (Å²) in [5, 5.41) is 17.1. The number of hydrogen-bond acceptors (Lipinski definition) is 5. The van der Waals surface area contributed by atoms with Gasteiger partial charge in [0.1, 0.15) is 23.4 Å². The number of phenolic OH excluding ortho intramolecular Hbond substituents is 1. The maximum Gasteiger partial charge on any atom is 0.408 e. The van der Waals surface area contributed by atoms with Gasteiger partial charge >= 0.3 is 6.09 Å². The summed E-state index contributed by atoms with van der Waals surface area (Å²) in [5.74, 6) is -0.827. The summed E-state index contributed by atoms with van der Waals surface area (Å²) in [7, 11) is 0. The van der Waals surface area contributed by atoms with Gasteiger partial charge in [0.15, 0.2) is 0 Å². The maximum absolute atomic E-state index is 14.6. The summed E-state index contributed by atoms with van der Waals surface area (Å²) >= 11 is 0. The monoisotopic (exact) mass is 565 g/mol. The van der Waals surface area contributed by atoms with Crippen molar-refractivity contribution in [2.24, 2.45) is 0 Å². The number of nitrogens with zero attached hydrogens (tertiary/aromatic N) is 1. The molecule has 1 fully saturated rings. The number of aryl methyl sites for hydroxylation is 1. The second-order valence-corrected chi connectivity index (χ2v) is 13.0. The third-order valence-electron chi connectivity index (χ3n) is 7.25. The van der Waals surface area contributed by atoms with E-state index in [0.717, 1.165) is 37.7 Å². The lowest BCUT2D eigenvalue weighted by Crippen LogP contribution is -2.59. The van der Waals surface area contributed by atoms with Crippen LogP contribution in [0, 0.1) is 6.92 Å². The Morgan fingerprint density at radius 3 is 2.17 bits per heavy atom. The van der Waals surface area contributed by atoms with Gasteiger partial charge in [-0.15, -0.1) is 0 Å². The summed E-state index contributed by atoms with van der Waals surface area (Å²) in [4.78, 5) is 43.2. The lowest BCUT2D eigenvalue weighted by atomic mass is 9.91. The van der Waals surface area contributed by atoms with Crippen LogP contribution in [0.5, 0.6) is 5.75 Å². The van der Waals surface area contributed by atoms with Crippen molar-refractivity contribution in [3.8, 4) is 5.75 Å². The van der Waals surface area contributed by atoms with E-state index in [4.69, 9.17) is 4.74 Å². The van der Waals surface area contributed by atoms with Crippen LogP contribution < -0.4 is 10.6 Å². The molecule has 224 valence electrons. The van der Waals surface area contributed by atoms with Gasteiger partial charge in [0, 0.05) is 23.6 Å². The van der Waals surface area contributed by atoms with Gasteiger partial charge in [0.05, 0.1) is 0 Å². The summed E-state index contributed by atoms with van der Waals surface area (Å²) < 4.78 is 5.51. The van der Waals surface area contributed by atoms with Gasteiger partial charge < -0.3 is 25.4 Å². The Morgan fingerprint density at radius 1 is 0.951 bits per heavy atom. The number of carbonyl (C=O) groups is 3. The van der Waals surface area contributed by atoms with Crippen molar-refractivity contribution in [1.29, 1.82) is 0 Å². The Labute approximate surface area is 244 Å². The second kappa shape index (κ2) is 13.4. The first kappa shape index (κ1) is 32.0. The highest BCUT2D eigenvalue weighted by molar-refractivity contribution is 5.93. The van der Waals surface area contributed by atoms with E-state index in [1.54, 1.807) is 45.9 Å². The van der Waals surface area contributed by atoms with Gasteiger partial charge in [0.25, 0.3) is 0 Å². The predicted octanol–water partition coefficient (Wildman–Crippen LogP) is 5.95. The van der Waals surface area contributed by atoms with Gasteiger partial charge in [-0.1, -0.05) is 67.8 Å². The standard InChI is InChI=1S/C33H47N3O5/c1-22-15-14-20-25(28(22)37)27(29(38)34-24-18-12-9-13-19-24)36(32(2,3)4)30(39)26(21-23-16-10-8-11-17-23)35-31(40)41-33(5,6)7/h8,10-11,14-17,20,24,26-27,37H,9,12-13,18-19,21H2,1-7H3,(H,34,38)(H,35,40). The SMILES string of the molecule is Cc1cccc(C(C(=O)NC2CCCCC2)N(C(=O)C(Cc2ccccc2)NC(=O)OC(C)(C)C)C(C)(C)C)c1O. The van der Waals surface area contributed by atoms with Crippen molar-refractivity contribution < 1.29 is 24.2 Å². The first-order valence-electron chi connectivity index (χ1n) is 14.6. The highest BCUT2D eigenvalue weighted by Crippen LogP contribution is 2.36. The average Bonchev–Trinajstić information content (AvgIpc) is 2.87. The Kier molecular flexibility index (Phi) is 10.5. The van der Waals surface area contributed by atoms with Crippen LogP contribution >= 0.6 is 0 Å². The van der Waals surface area contributed by atoms with Crippen LogP contribution in [0.25, 0.3) is 0 Å². The summed E-state index contributed by atoms with van der Waals surface area (Å²) in [6.07, 6.45) is 4.43. The normalized spacial score (nSPS) is 15.9. The van der Waals surface area contributed by atoms with Crippen LogP contribution in [-0.2, 0) is 20.7 Å². The van der Waals surface area contributed by atoms with Crippen molar-refractivity contribution in [2.45, 2.75) is 116 Å². The van der Waals surface area contributed by atoms with Crippen molar-refractivity contribution in [2.75, 3.05) is 0 Å². The predicted molar refractivity (Wildman–Crippen MR) is 161 cm³/mol. The number of nitrogens with one attached hydrogen (secondary N) is 2. The van der Waals surface area contributed by atoms with Gasteiger partial charge in [-0.05, 0) is 72.4 Å². The van der Waals surface area contributed by atoms with Gasteiger partial charge in [-0.2, -0.15) is 0 Å². The number of rotatable bonds is 8. The van der Waals surface area contributed by atoms with Crippen molar-refractivity contribution in [1.82, 2.24) is 15.5 Å². The van der Waals surface area contributed by atoms with E-state index in [-0.39, 0.29) is 24.1 Å². The van der Waals surface area contributed by atoms with Crippen molar-refractivity contribution in [3.05, 3.63) is 65.2 Å². The first-order chi connectivity index (χ1) is 19.2. The zero-order valence-corrected chi connectivity index (χ0v) is 25.6. The Balaban J connectivity index is 2.09. The molecular formula is C33H47N3O5. The molecule has 0 heterocycles. The quantitative estimate of drug-likeness (QED) is 0.366. The molecule has 1 aliphatic carbocycles. The molecular weight excluding hydrogens is 518 g/mol. The average molecular weight is 566 g/mol. The molecule has 2 aromatic carbocycles. The van der Waals surface area contributed by atoms with Crippen molar-refractivity contribution in [3.63, 3.8) is 0 Å². The Hall–Kier alpha value is -3.55. The summed E-state index contributed by atoms with van der Waals surface area (Å²) in [6.45, 7) is 12.6. The van der Waals surface area contributed by atoms with Crippen LogP contribution in [0.1, 0.15) is 96.4 Å². The summed E-state index contributed by atoms with van der Waals surface area (Å²) in [5.41, 5.74) is 0.178. The number of hydrogen-bond donors (Lipinski definition) is 3. The number of para-hydroxylation sites is 1. The fraction of sp³-hybridized carbons (Fsp3) is 0.545. The van der Waals surface area contributed by atoms with E-state index in [1.165, 1.54) is 4.90 Å². The van der Waals surface area contributed by atoms with Crippen LogP contribution in [0.2, 0.25) is 0 Å². The van der Waals surface area contributed by atoms with E-state index < -0.39 is 35.2 Å². The number of benzene rings is 2. The fourth-order valence-electron chi connectivity index (χ4n) is 5.34. The Morgan fingerprint density at radius 2 is 1.59 bits per heavy atom. The van der Waals surface area contributed by atoms with E-state index >= 15 is 0 Å². The molecule has 0 spiro atoms. The zero-order chi connectivity index (χ0) is 30.4. The topological polar surface area (TPSA) is 108 Å². The molecule has 0 aromatic heterocycles. The molecule has 0 saturated heterocycles. The number of alkyl carbamates (subject to hydrolysis) is 1. The minimum atomic E-state index is -1.12. The fourth-order valence-corrected chi connectivity index (χ4v) is 5.34. The molecule has 3 amide bonds. The number of ether oxygens (including phenoxy) is 1. The van der Waals surface area contributed by atoms with Crippen LogP contribution in [0.3, 0.4) is 0 Å². The lowest BCUT2D eigenvalue weighted by molar-refractivity contribution is -0.148. The molecule has 1 saturated carbocycles. The first-order valence-corrected chi connectivity index (χ1v) is 14.6. The molecule has 8 heteroatoms. The molecule has 3 N–H and O–H groups in total. The maximum atomic E-state index is 14.6. The second-order valence-electron chi connectivity index (χ2n) is 13.0. The molecule has 0 bridgehead atoms. The van der Waals surface area contributed by atoms with Crippen molar-refractivity contribution >= 4 is 17.9 Å². The largest absolute Gasteiger partial charge is 0.507 e. The molecule has 0 aliphatic heterocycles. The van der Waals surface area contributed by atoms with E-state index in [0.29, 0.717) is 11.1 Å². The smallest absolute Gasteiger partial charge is 0.408 e. The highest BCUT2D eigenvalue weighted by Gasteiger charge is 2.43. The van der Waals surface area contributed by atoms with Crippen LogP contribution in [-0.4, -0.2) is 51.1 Å². The molecule has 2 aromatic rings. The molecule has 41 heavy (non-hydrogen) atoms. The number of amides is 3. The minimum Gasteiger partial charge on any atom is -0.507 e. The van der Waals surface area contributed by atoms with E-state index in [2.05, 4.69) is 10.6 Å². The minimum absolute atomic E-state index is 0.00243. The third-order valence-corrected chi connectivity index (χ3v) is 7.25. The van der Waals surface area contributed by atoms with E-state index in [9.17, 15) is 19.5 Å². The highest BCUT2D eigenvalue weighted by atomic mass is 16.6. The van der Waals surface area contributed by atoms with Gasteiger partial charge in [0.2, 0.25) is 11.8 Å². The number of phenols is 1. The molecule has 2 unspecified atom stereocenters. The molecule has 3 rings (SSSR count). The molecule has 8 nitrogen and oxygen atoms in total. The zero-order valence-electron chi connectivity index (χ0n) is 25.6. The summed E-state index contributed by atoms with van der Waals surface area (Å²) in [6, 6.07) is 12.5. The van der Waals surface area contributed by atoms with Gasteiger partial charge in [-0.3, -0.25) is 9.59 Å². The molecule has 2 atom stereocenters. The number of carbonyl (C=O) groups excluding carboxylic acids is 3. The molecule has 1 aliphatic rings. The van der Waals surface area contributed by atoms with Gasteiger partial charge in [-0.25, -0.2) is 4.79 Å². The third kappa shape index (κ3) is 8.97. The van der Waals surface area contributed by atoms with Crippen LogP contribution in [0.15, 0.2) is 48.5 Å². The Bertz CT molecular complexity index is 1190. The lowest BCUT2D eigenvalue weighted by Gasteiger charge is -2.43. The van der Waals surface area contributed by atoms with Crippen LogP contribution in [0.4, 0.5) is 4.79 Å².